The van der Waals surface area contributed by atoms with Crippen molar-refractivity contribution < 1.29 is 8.76 Å². The number of hydrogen-bond acceptors (Lipinski definition) is 2. The van der Waals surface area contributed by atoms with Crippen LogP contribution in [0.2, 0.25) is 0 Å². The normalized spacial score (nSPS) is 23.2. The first-order valence-corrected chi connectivity index (χ1v) is 5.84. The lowest BCUT2D eigenvalue weighted by atomic mass is 9.83. The van der Waals surface area contributed by atoms with Crippen LogP contribution in [0, 0.1) is 5.41 Å². The Labute approximate surface area is 81.7 Å². The molecule has 4 nitrogen and oxygen atoms in total. The molecule has 0 radical (unpaired) electrons. The van der Waals surface area contributed by atoms with Crippen LogP contribution in [0.15, 0.2) is 0 Å². The zero-order chi connectivity index (χ0) is 9.73. The number of rotatable bonds is 5. The number of nitrogens with two attached hydrogens (primary N) is 1. The molecule has 1 fully saturated rings. The van der Waals surface area contributed by atoms with Crippen molar-refractivity contribution in [3.05, 3.63) is 0 Å². The first kappa shape index (κ1) is 11.1. The fourth-order valence-corrected chi connectivity index (χ4v) is 2.36. The molecule has 0 bridgehead atoms. The Kier molecular flexibility index (Phi) is 4.31. The zero-order valence-corrected chi connectivity index (χ0v) is 8.61. The summed E-state index contributed by atoms with van der Waals surface area (Å²) in [5, 5.41) is 0. The monoisotopic (exact) mass is 206 g/mol. The molecule has 0 aromatic carbocycles. The van der Waals surface area contributed by atoms with Crippen molar-refractivity contribution >= 4 is 11.3 Å². The van der Waals surface area contributed by atoms with Crippen LogP contribution in [0.3, 0.4) is 0 Å². The van der Waals surface area contributed by atoms with Gasteiger partial charge < -0.3 is 5.73 Å². The smallest absolute Gasteiger partial charge is 0.231 e. The van der Waals surface area contributed by atoms with E-state index >= 15 is 0 Å². The van der Waals surface area contributed by atoms with Crippen LogP contribution < -0.4 is 10.5 Å². The van der Waals surface area contributed by atoms with Crippen LogP contribution in [0.1, 0.15) is 32.1 Å². The third-order valence-corrected chi connectivity index (χ3v) is 3.43. The molecule has 1 saturated carbocycles. The second kappa shape index (κ2) is 5.05. The van der Waals surface area contributed by atoms with Crippen LogP contribution in [-0.4, -0.2) is 21.9 Å². The van der Waals surface area contributed by atoms with E-state index in [1.165, 1.54) is 25.7 Å². The molecule has 13 heavy (non-hydrogen) atoms. The molecule has 0 aromatic heterocycles. The first-order valence-electron chi connectivity index (χ1n) is 4.73. The molecule has 78 valence electrons. The van der Waals surface area contributed by atoms with Crippen LogP contribution in [0.5, 0.6) is 0 Å². The molecule has 0 aromatic rings. The Balaban J connectivity index is 2.27. The molecule has 1 unspecified atom stereocenters. The van der Waals surface area contributed by atoms with Gasteiger partial charge in [-0.1, -0.05) is 12.8 Å². The molecule has 0 spiro atoms. The first-order chi connectivity index (χ1) is 6.18. The average Bonchev–Trinajstić information content (AvgIpc) is 2.53. The van der Waals surface area contributed by atoms with E-state index in [9.17, 15) is 4.21 Å². The van der Waals surface area contributed by atoms with Crippen molar-refractivity contribution in [2.45, 2.75) is 32.1 Å². The van der Waals surface area contributed by atoms with E-state index in [0.29, 0.717) is 13.1 Å². The topological polar surface area (TPSA) is 75.3 Å². The summed E-state index contributed by atoms with van der Waals surface area (Å²) in [6.07, 6.45) is 5.75. The highest BCUT2D eigenvalue weighted by atomic mass is 32.2. The molecule has 0 aliphatic heterocycles. The Morgan fingerprint density at radius 1 is 1.46 bits per heavy atom. The molecule has 1 aliphatic rings. The fourth-order valence-electron chi connectivity index (χ4n) is 2.08. The summed E-state index contributed by atoms with van der Waals surface area (Å²) in [7, 11) is 0. The van der Waals surface area contributed by atoms with Gasteiger partial charge in [-0.3, -0.25) is 4.55 Å². The Morgan fingerprint density at radius 3 is 2.54 bits per heavy atom. The second-order valence-corrected chi connectivity index (χ2v) is 4.59. The Morgan fingerprint density at radius 2 is 2.08 bits per heavy atom. The standard InChI is InChI=1S/C8H18N2O2S/c9-7-8(3-1-2-4-8)5-6-10-13(11)12/h10H,1-7,9H2,(H,11,12). The molecular weight excluding hydrogens is 188 g/mol. The molecular formula is C8H18N2O2S. The van der Waals surface area contributed by atoms with Crippen LogP contribution in [0.4, 0.5) is 0 Å². The lowest BCUT2D eigenvalue weighted by Gasteiger charge is -2.26. The fraction of sp³-hybridized carbons (Fsp3) is 1.00. The number of hydrogen-bond donors (Lipinski definition) is 3. The maximum atomic E-state index is 10.3. The number of nitrogens with one attached hydrogen (secondary N) is 1. The van der Waals surface area contributed by atoms with E-state index in [-0.39, 0.29) is 5.41 Å². The van der Waals surface area contributed by atoms with E-state index < -0.39 is 11.3 Å². The minimum Gasteiger partial charge on any atom is -0.330 e. The van der Waals surface area contributed by atoms with Crippen molar-refractivity contribution in [2.75, 3.05) is 13.1 Å². The lowest BCUT2D eigenvalue weighted by molar-refractivity contribution is 0.284. The van der Waals surface area contributed by atoms with E-state index in [4.69, 9.17) is 10.3 Å². The second-order valence-electron chi connectivity index (χ2n) is 3.80. The minimum atomic E-state index is -1.88. The third kappa shape index (κ3) is 3.34. The minimum absolute atomic E-state index is 0.242. The quantitative estimate of drug-likeness (QED) is 0.577. The molecule has 0 saturated heterocycles. The zero-order valence-electron chi connectivity index (χ0n) is 7.79. The summed E-state index contributed by atoms with van der Waals surface area (Å²) in [5.74, 6) is 0. The summed E-state index contributed by atoms with van der Waals surface area (Å²) in [6, 6.07) is 0. The van der Waals surface area contributed by atoms with Crippen LogP contribution >= 0.6 is 0 Å². The summed E-state index contributed by atoms with van der Waals surface area (Å²) < 4.78 is 21.4. The predicted molar refractivity (Wildman–Crippen MR) is 53.3 cm³/mol. The molecule has 4 N–H and O–H groups in total. The molecule has 0 amide bonds. The highest BCUT2D eigenvalue weighted by Gasteiger charge is 2.31. The van der Waals surface area contributed by atoms with Crippen molar-refractivity contribution in [3.63, 3.8) is 0 Å². The summed E-state index contributed by atoms with van der Waals surface area (Å²) in [4.78, 5) is 0. The molecule has 0 heterocycles. The highest BCUT2D eigenvalue weighted by Crippen LogP contribution is 2.39. The predicted octanol–water partition coefficient (Wildman–Crippen LogP) is 0.622. The highest BCUT2D eigenvalue weighted by molar-refractivity contribution is 7.77. The van der Waals surface area contributed by atoms with Gasteiger partial charge in [0.2, 0.25) is 11.3 Å². The average molecular weight is 206 g/mol. The SMILES string of the molecule is NCC1(CCNS(=O)O)CCCC1. The van der Waals surface area contributed by atoms with Gasteiger partial charge >= 0.3 is 0 Å². The van der Waals surface area contributed by atoms with Gasteiger partial charge in [-0.15, -0.1) is 0 Å². The van der Waals surface area contributed by atoms with Gasteiger partial charge in [0.1, 0.15) is 0 Å². The Bertz CT molecular complexity index is 181. The molecule has 1 aliphatic carbocycles. The van der Waals surface area contributed by atoms with E-state index in [2.05, 4.69) is 4.72 Å². The van der Waals surface area contributed by atoms with Crippen LogP contribution in [-0.2, 0) is 11.3 Å². The Hall–Kier alpha value is 0.0300. The largest absolute Gasteiger partial charge is 0.330 e. The van der Waals surface area contributed by atoms with Gasteiger partial charge in [-0.25, -0.2) is 8.93 Å². The summed E-state index contributed by atoms with van der Waals surface area (Å²) in [5.41, 5.74) is 5.96. The van der Waals surface area contributed by atoms with Crippen molar-refractivity contribution in [1.29, 1.82) is 0 Å². The van der Waals surface area contributed by atoms with E-state index in [1.807, 2.05) is 0 Å². The van der Waals surface area contributed by atoms with Gasteiger partial charge in [-0.2, -0.15) is 0 Å². The van der Waals surface area contributed by atoms with Crippen molar-refractivity contribution in [3.8, 4) is 0 Å². The van der Waals surface area contributed by atoms with E-state index in [1.54, 1.807) is 0 Å². The maximum Gasteiger partial charge on any atom is 0.231 e. The molecule has 5 heteroatoms. The lowest BCUT2D eigenvalue weighted by Crippen LogP contribution is -2.32. The van der Waals surface area contributed by atoms with Gasteiger partial charge in [0.05, 0.1) is 0 Å². The third-order valence-electron chi connectivity index (χ3n) is 2.98. The van der Waals surface area contributed by atoms with E-state index in [0.717, 1.165) is 6.42 Å². The van der Waals surface area contributed by atoms with Gasteiger partial charge in [-0.05, 0) is 31.2 Å². The molecule has 1 atom stereocenters. The maximum absolute atomic E-state index is 10.3. The van der Waals surface area contributed by atoms with Gasteiger partial charge in [0.15, 0.2) is 0 Å². The molecule has 1 rings (SSSR count). The van der Waals surface area contributed by atoms with Gasteiger partial charge in [0, 0.05) is 6.54 Å². The van der Waals surface area contributed by atoms with Crippen LogP contribution in [0.25, 0.3) is 0 Å². The summed E-state index contributed by atoms with van der Waals surface area (Å²) >= 11 is -1.88. The van der Waals surface area contributed by atoms with Gasteiger partial charge in [0.25, 0.3) is 0 Å². The summed E-state index contributed by atoms with van der Waals surface area (Å²) in [6.45, 7) is 1.28. The van der Waals surface area contributed by atoms with Crippen molar-refractivity contribution in [2.24, 2.45) is 11.1 Å². The van der Waals surface area contributed by atoms with Crippen molar-refractivity contribution in [1.82, 2.24) is 4.72 Å².